The summed E-state index contributed by atoms with van der Waals surface area (Å²) >= 11 is 0. The normalized spacial score (nSPS) is 10.2. The summed E-state index contributed by atoms with van der Waals surface area (Å²) in [6.07, 6.45) is -0.940. The van der Waals surface area contributed by atoms with Crippen LogP contribution in [0.25, 0.3) is 0 Å². The quantitative estimate of drug-likeness (QED) is 0.565. The van der Waals surface area contributed by atoms with Gasteiger partial charge in [-0.15, -0.1) is 0 Å². The summed E-state index contributed by atoms with van der Waals surface area (Å²) in [4.78, 5) is 19.0. The SMILES string of the molecule is CC(C)[NH2+]C(C)C.CC(C)[NH2+]C(C)C.O=C([O-])CCC(=O)[O-]. The second kappa shape index (κ2) is 16.2. The van der Waals surface area contributed by atoms with Crippen LogP contribution in [-0.2, 0) is 9.59 Å². The molecule has 0 rings (SSSR count). The van der Waals surface area contributed by atoms with E-state index in [0.29, 0.717) is 0 Å². The minimum absolute atomic E-state index is 0.470. The first-order chi connectivity index (χ1) is 9.88. The Morgan fingerprint density at radius 1 is 0.636 bits per heavy atom. The summed E-state index contributed by atoms with van der Waals surface area (Å²) in [5.74, 6) is -2.73. The Morgan fingerprint density at radius 2 is 0.818 bits per heavy atom. The molecule has 6 heteroatoms. The van der Waals surface area contributed by atoms with Gasteiger partial charge >= 0.3 is 0 Å². The lowest BCUT2D eigenvalue weighted by Crippen LogP contribution is -2.92. The fraction of sp³-hybridized carbons (Fsp3) is 0.875. The molecule has 0 aliphatic carbocycles. The van der Waals surface area contributed by atoms with Crippen molar-refractivity contribution in [1.29, 1.82) is 0 Å². The number of carboxylic acid groups (broad SMARTS) is 2. The number of quaternary nitrogens is 2. The Labute approximate surface area is 135 Å². The molecule has 0 aliphatic rings. The molecule has 0 aromatic heterocycles. The fourth-order valence-corrected chi connectivity index (χ4v) is 1.74. The lowest BCUT2D eigenvalue weighted by atomic mass is 10.3. The first-order valence-corrected chi connectivity index (χ1v) is 7.98. The van der Waals surface area contributed by atoms with Gasteiger partial charge < -0.3 is 30.4 Å². The molecule has 0 saturated carbocycles. The van der Waals surface area contributed by atoms with Crippen LogP contribution in [0.15, 0.2) is 0 Å². The molecular weight excluding hydrogens is 284 g/mol. The molecule has 0 unspecified atom stereocenters. The van der Waals surface area contributed by atoms with Crippen molar-refractivity contribution in [2.24, 2.45) is 0 Å². The number of hydrogen-bond donors (Lipinski definition) is 2. The number of hydrogen-bond acceptors (Lipinski definition) is 4. The zero-order valence-electron chi connectivity index (χ0n) is 15.5. The summed E-state index contributed by atoms with van der Waals surface area (Å²) in [5.41, 5.74) is 0. The van der Waals surface area contributed by atoms with Crippen molar-refractivity contribution in [3.8, 4) is 0 Å². The topological polar surface area (TPSA) is 113 Å². The lowest BCUT2D eigenvalue weighted by Gasteiger charge is -2.06. The van der Waals surface area contributed by atoms with E-state index in [1.807, 2.05) is 0 Å². The largest absolute Gasteiger partial charge is 0.550 e. The third kappa shape index (κ3) is 42.8. The predicted octanol–water partition coefficient (Wildman–Crippen LogP) is -2.00. The van der Waals surface area contributed by atoms with E-state index in [0.717, 1.165) is 24.2 Å². The molecule has 4 N–H and O–H groups in total. The first kappa shape index (κ1) is 25.8. The number of aliphatic carboxylic acids is 2. The van der Waals surface area contributed by atoms with Gasteiger partial charge in [0.1, 0.15) is 0 Å². The minimum atomic E-state index is -1.37. The summed E-state index contributed by atoms with van der Waals surface area (Å²) < 4.78 is 0. The molecule has 134 valence electrons. The van der Waals surface area contributed by atoms with Gasteiger partial charge in [0.05, 0.1) is 24.2 Å². The molecule has 0 bridgehead atoms. The van der Waals surface area contributed by atoms with Crippen LogP contribution in [0.1, 0.15) is 68.2 Å². The van der Waals surface area contributed by atoms with Gasteiger partial charge in [0.15, 0.2) is 0 Å². The van der Waals surface area contributed by atoms with Gasteiger partial charge in [-0.1, -0.05) is 0 Å². The molecule has 0 heterocycles. The maximum atomic E-state index is 9.50. The molecule has 0 amide bonds. The van der Waals surface area contributed by atoms with E-state index in [-0.39, 0.29) is 0 Å². The van der Waals surface area contributed by atoms with Gasteiger partial charge in [-0.05, 0) is 68.2 Å². The smallest absolute Gasteiger partial charge is 0.0803 e. The zero-order valence-corrected chi connectivity index (χ0v) is 15.5. The summed E-state index contributed by atoms with van der Waals surface area (Å²) in [6.45, 7) is 17.7. The monoisotopic (exact) mass is 320 g/mol. The average molecular weight is 320 g/mol. The van der Waals surface area contributed by atoms with E-state index < -0.39 is 24.8 Å². The number of carboxylic acids is 2. The van der Waals surface area contributed by atoms with Gasteiger partial charge in [-0.3, -0.25) is 0 Å². The second-order valence-corrected chi connectivity index (χ2v) is 6.60. The molecule has 6 nitrogen and oxygen atoms in total. The highest BCUT2D eigenvalue weighted by Gasteiger charge is 1.97. The van der Waals surface area contributed by atoms with Crippen molar-refractivity contribution < 1.29 is 30.4 Å². The van der Waals surface area contributed by atoms with Crippen molar-refractivity contribution >= 4 is 11.9 Å². The Bertz CT molecular complexity index is 237. The van der Waals surface area contributed by atoms with Crippen LogP contribution in [0.3, 0.4) is 0 Å². The van der Waals surface area contributed by atoms with Crippen molar-refractivity contribution in [2.75, 3.05) is 0 Å². The van der Waals surface area contributed by atoms with Crippen LogP contribution in [-0.4, -0.2) is 36.1 Å². The molecule has 0 fully saturated rings. The first-order valence-electron chi connectivity index (χ1n) is 7.98. The van der Waals surface area contributed by atoms with Gasteiger partial charge in [-0.2, -0.15) is 0 Å². The van der Waals surface area contributed by atoms with Gasteiger partial charge in [0, 0.05) is 11.9 Å². The average Bonchev–Trinajstić information content (AvgIpc) is 2.23. The Balaban J connectivity index is -0.000000247. The Kier molecular flexibility index (Phi) is 19.0. The number of carbonyl (C=O) groups is 2. The standard InChI is InChI=1S/2C6H15N.C4H6O4/c2*1-5(2)7-6(3)4;5-3(6)1-2-4(7)8/h2*5-7H,1-4H3;1-2H2,(H,5,6)(H,7,8). The highest BCUT2D eigenvalue weighted by Crippen LogP contribution is 1.81. The van der Waals surface area contributed by atoms with Crippen LogP contribution < -0.4 is 20.8 Å². The molecule has 0 saturated heterocycles. The Morgan fingerprint density at radius 3 is 0.864 bits per heavy atom. The number of nitrogens with two attached hydrogens (primary N) is 2. The second-order valence-electron chi connectivity index (χ2n) is 6.60. The zero-order chi connectivity index (χ0) is 18.3. The maximum Gasteiger partial charge on any atom is 0.0803 e. The van der Waals surface area contributed by atoms with Crippen molar-refractivity contribution in [2.45, 2.75) is 92.4 Å². The molecule has 0 atom stereocenters. The van der Waals surface area contributed by atoms with Crippen LogP contribution in [0.5, 0.6) is 0 Å². The summed E-state index contributed by atoms with van der Waals surface area (Å²) in [6, 6.07) is 3.00. The van der Waals surface area contributed by atoms with Gasteiger partial charge in [-0.25, -0.2) is 0 Å². The van der Waals surface area contributed by atoms with Crippen LogP contribution >= 0.6 is 0 Å². The molecular formula is C16H36N2O4. The summed E-state index contributed by atoms with van der Waals surface area (Å²) in [5, 5.41) is 23.7. The van der Waals surface area contributed by atoms with E-state index in [4.69, 9.17) is 0 Å². The molecule has 0 spiro atoms. The van der Waals surface area contributed by atoms with E-state index >= 15 is 0 Å². The molecule has 0 radical (unpaired) electrons. The van der Waals surface area contributed by atoms with Crippen molar-refractivity contribution in [1.82, 2.24) is 0 Å². The highest BCUT2D eigenvalue weighted by atomic mass is 16.4. The molecule has 0 aromatic carbocycles. The number of rotatable bonds is 7. The summed E-state index contributed by atoms with van der Waals surface area (Å²) in [7, 11) is 0. The van der Waals surface area contributed by atoms with E-state index in [1.54, 1.807) is 0 Å². The lowest BCUT2D eigenvalue weighted by molar-refractivity contribution is -0.709. The van der Waals surface area contributed by atoms with E-state index in [2.05, 4.69) is 66.0 Å². The molecule has 0 aliphatic heterocycles. The fourth-order valence-electron chi connectivity index (χ4n) is 1.74. The molecule has 0 aromatic rings. The number of carbonyl (C=O) groups excluding carboxylic acids is 2. The van der Waals surface area contributed by atoms with E-state index in [9.17, 15) is 19.8 Å². The van der Waals surface area contributed by atoms with Crippen LogP contribution in [0.4, 0.5) is 0 Å². The predicted molar refractivity (Wildman–Crippen MR) is 83.6 cm³/mol. The minimum Gasteiger partial charge on any atom is -0.550 e. The third-order valence-electron chi connectivity index (χ3n) is 2.07. The van der Waals surface area contributed by atoms with Crippen LogP contribution in [0.2, 0.25) is 0 Å². The Hall–Kier alpha value is -1.14. The molecule has 22 heavy (non-hydrogen) atoms. The van der Waals surface area contributed by atoms with E-state index in [1.165, 1.54) is 0 Å². The third-order valence-corrected chi connectivity index (χ3v) is 2.07. The highest BCUT2D eigenvalue weighted by molar-refractivity contribution is 5.72. The van der Waals surface area contributed by atoms with Crippen molar-refractivity contribution in [3.63, 3.8) is 0 Å². The van der Waals surface area contributed by atoms with Gasteiger partial charge in [0.25, 0.3) is 0 Å². The van der Waals surface area contributed by atoms with Crippen LogP contribution in [0, 0.1) is 0 Å². The van der Waals surface area contributed by atoms with Crippen molar-refractivity contribution in [3.05, 3.63) is 0 Å². The maximum absolute atomic E-state index is 9.50. The van der Waals surface area contributed by atoms with Gasteiger partial charge in [0.2, 0.25) is 0 Å².